The molecule has 0 spiro atoms. The van der Waals surface area contributed by atoms with Gasteiger partial charge in [-0.05, 0) is 116 Å². The number of carboxylic acids is 1. The quantitative estimate of drug-likeness (QED) is 0.0195. The number of hydrogen-bond donors (Lipinski definition) is 0. The van der Waals surface area contributed by atoms with E-state index in [-0.39, 0.29) is 38.6 Å². The van der Waals surface area contributed by atoms with Gasteiger partial charge in [0.1, 0.15) is 13.2 Å². The number of unbranched alkanes of at least 4 members (excludes halogenated alkanes) is 23. The Morgan fingerprint density at radius 2 is 0.687 bits per heavy atom. The second kappa shape index (κ2) is 63.5. The first-order valence-corrected chi connectivity index (χ1v) is 33.3. The van der Waals surface area contributed by atoms with Gasteiger partial charge in [0.25, 0.3) is 0 Å². The molecule has 0 fully saturated rings. The van der Waals surface area contributed by atoms with E-state index in [4.69, 9.17) is 18.9 Å². The maximum atomic E-state index is 12.9. The summed E-state index contributed by atoms with van der Waals surface area (Å²) < 4.78 is 22.7. The number of nitrogens with zero attached hydrogens (tertiary/aromatic N) is 1. The van der Waals surface area contributed by atoms with Gasteiger partial charge in [-0.1, -0.05) is 263 Å². The molecule has 0 rings (SSSR count). The van der Waals surface area contributed by atoms with Crippen LogP contribution in [0.1, 0.15) is 258 Å². The van der Waals surface area contributed by atoms with E-state index in [9.17, 15) is 19.5 Å². The van der Waals surface area contributed by atoms with Crippen LogP contribution in [0, 0.1) is 0 Å². The van der Waals surface area contributed by atoms with Crippen LogP contribution in [0.5, 0.6) is 0 Å². The Hall–Kier alpha value is -4.57. The highest BCUT2D eigenvalue weighted by atomic mass is 16.7. The lowest BCUT2D eigenvalue weighted by Crippen LogP contribution is -2.44. The molecule has 0 aliphatic carbocycles. The summed E-state index contributed by atoms with van der Waals surface area (Å²) in [7, 11) is 5.92. The molecule has 472 valence electrons. The minimum atomic E-state index is -1.63. The number of ether oxygens (including phenoxy) is 4. The average Bonchev–Trinajstić information content (AvgIpc) is 3.46. The Bertz CT molecular complexity index is 1820. The van der Waals surface area contributed by atoms with Crippen molar-refractivity contribution in [1.82, 2.24) is 0 Å². The van der Waals surface area contributed by atoms with E-state index in [1.807, 2.05) is 21.1 Å². The summed E-state index contributed by atoms with van der Waals surface area (Å²) in [5.74, 6) is -2.31. The number of allylic oxidation sites excluding steroid dienone is 22. The lowest BCUT2D eigenvalue weighted by atomic mass is 10.0. The predicted octanol–water partition coefficient (Wildman–Crippen LogP) is 19.2. The Labute approximate surface area is 509 Å². The lowest BCUT2D eigenvalue weighted by molar-refractivity contribution is -0.870. The van der Waals surface area contributed by atoms with Crippen LogP contribution in [0.2, 0.25) is 0 Å². The molecule has 2 atom stereocenters. The minimum Gasteiger partial charge on any atom is -0.545 e. The molecule has 0 amide bonds. The van der Waals surface area contributed by atoms with E-state index in [0.29, 0.717) is 17.4 Å². The highest BCUT2D eigenvalue weighted by molar-refractivity contribution is 5.70. The largest absolute Gasteiger partial charge is 0.545 e. The summed E-state index contributed by atoms with van der Waals surface area (Å²) in [5, 5.41) is 11.8. The van der Waals surface area contributed by atoms with Crippen molar-refractivity contribution in [2.24, 2.45) is 0 Å². The van der Waals surface area contributed by atoms with Crippen LogP contribution < -0.4 is 5.11 Å². The topological polar surface area (TPSA) is 111 Å². The number of quaternary nitrogens is 1. The molecule has 9 nitrogen and oxygen atoms in total. The molecule has 2 unspecified atom stereocenters. The molecule has 83 heavy (non-hydrogen) atoms. The number of rotatable bonds is 60. The molecule has 0 aromatic carbocycles. The zero-order chi connectivity index (χ0) is 60.5. The molecule has 0 aromatic heterocycles. The van der Waals surface area contributed by atoms with E-state index in [2.05, 4.69) is 148 Å². The number of hydrogen-bond acceptors (Lipinski definition) is 8. The SMILES string of the molecule is CC/C=C\C/C=C\C/C=C\C/C=C\C/C=C\C/C=C\C/C=C\C/C=C\CCCCCCCCCCCCCCC(=O)OC(COC(=O)CCCCCCCC/C=C\C/C=C\C/C=C\CCCCCCC)COC(OCC[N+](C)(C)C)C(=O)[O-]. The molecular formula is C74H123NO8. The number of esters is 2. The molecule has 0 N–H and O–H groups in total. The van der Waals surface area contributed by atoms with Gasteiger partial charge in [0.15, 0.2) is 12.4 Å². The number of carbonyl (C=O) groups excluding carboxylic acids is 3. The molecule has 0 aliphatic heterocycles. The highest BCUT2D eigenvalue weighted by Crippen LogP contribution is 2.15. The van der Waals surface area contributed by atoms with Gasteiger partial charge in [-0.3, -0.25) is 9.59 Å². The smallest absolute Gasteiger partial charge is 0.306 e. The molecule has 0 saturated carbocycles. The van der Waals surface area contributed by atoms with Crippen LogP contribution in [0.15, 0.2) is 134 Å². The summed E-state index contributed by atoms with van der Waals surface area (Å²) in [4.78, 5) is 37.4. The molecular weight excluding hydrogens is 1030 g/mol. The molecule has 0 aromatic rings. The van der Waals surface area contributed by atoms with Gasteiger partial charge < -0.3 is 33.3 Å². The van der Waals surface area contributed by atoms with E-state index in [1.165, 1.54) is 103 Å². The van der Waals surface area contributed by atoms with Crippen LogP contribution >= 0.6 is 0 Å². The lowest BCUT2D eigenvalue weighted by Gasteiger charge is -2.26. The number of likely N-dealkylation sites (N-methyl/N-ethyl adjacent to an activating group) is 1. The molecule has 0 radical (unpaired) electrons. The first-order chi connectivity index (χ1) is 40.6. The van der Waals surface area contributed by atoms with E-state index in [1.54, 1.807) is 0 Å². The zero-order valence-corrected chi connectivity index (χ0v) is 53.8. The molecule has 0 bridgehead atoms. The first kappa shape index (κ1) is 78.4. The standard InChI is InChI=1S/C74H123NO8/c1-6-8-10-12-14-16-18-20-22-24-26-28-29-30-31-32-33-34-35-36-37-38-39-40-41-42-43-45-47-49-51-53-55-57-59-61-63-65-72(77)83-70(69-82-74(73(78)79)80-67-66-75(3,4)5)68-81-71(76)64-62-60-58-56-54-52-50-48-46-44-27-25-23-21-19-17-15-13-11-9-7-2/h8,10,14,16,19-22,25-28,30-31,33-34,36-37,39-40,46,48,70,74H,6-7,9,11-13,15,17-18,23-24,29,32,35,38,41-45,47,49-69H2,1-5H3/b10-8-,16-14-,21-19-,22-20-,27-25-,28-26-,31-30-,34-33-,37-36-,40-39-,48-46-. The van der Waals surface area contributed by atoms with Crippen molar-refractivity contribution in [3.63, 3.8) is 0 Å². The molecule has 9 heteroatoms. The first-order valence-electron chi connectivity index (χ1n) is 33.3. The molecule has 0 heterocycles. The Morgan fingerprint density at radius 3 is 1.02 bits per heavy atom. The fraction of sp³-hybridized carbons (Fsp3) is 0.662. The summed E-state index contributed by atoms with van der Waals surface area (Å²) in [5.41, 5.74) is 0. The maximum Gasteiger partial charge on any atom is 0.306 e. The van der Waals surface area contributed by atoms with Crippen molar-refractivity contribution in [3.8, 4) is 0 Å². The fourth-order valence-electron chi connectivity index (χ4n) is 8.79. The van der Waals surface area contributed by atoms with Crippen LogP contribution in [0.25, 0.3) is 0 Å². The van der Waals surface area contributed by atoms with Gasteiger partial charge in [0.2, 0.25) is 0 Å². The summed E-state index contributed by atoms with van der Waals surface area (Å²) >= 11 is 0. The van der Waals surface area contributed by atoms with Crippen LogP contribution in [0.3, 0.4) is 0 Å². The van der Waals surface area contributed by atoms with Crippen LogP contribution in [-0.4, -0.2) is 82.3 Å². The van der Waals surface area contributed by atoms with Gasteiger partial charge in [0.05, 0.1) is 40.3 Å². The summed E-state index contributed by atoms with van der Waals surface area (Å²) in [6.07, 6.45) is 88.0. The van der Waals surface area contributed by atoms with Gasteiger partial charge in [-0.15, -0.1) is 0 Å². The zero-order valence-electron chi connectivity index (χ0n) is 53.8. The monoisotopic (exact) mass is 1150 g/mol. The van der Waals surface area contributed by atoms with Crippen molar-refractivity contribution >= 4 is 17.9 Å². The maximum absolute atomic E-state index is 12.9. The van der Waals surface area contributed by atoms with E-state index < -0.39 is 24.3 Å². The second-order valence-electron chi connectivity index (χ2n) is 23.0. The van der Waals surface area contributed by atoms with Gasteiger partial charge in [0, 0.05) is 12.8 Å². The van der Waals surface area contributed by atoms with E-state index >= 15 is 0 Å². The fourth-order valence-corrected chi connectivity index (χ4v) is 8.79. The number of aliphatic carboxylic acids is 1. The van der Waals surface area contributed by atoms with Crippen LogP contribution in [0.4, 0.5) is 0 Å². The Morgan fingerprint density at radius 1 is 0.373 bits per heavy atom. The number of carbonyl (C=O) groups is 3. The van der Waals surface area contributed by atoms with Crippen molar-refractivity contribution < 1.29 is 42.9 Å². The molecule has 0 saturated heterocycles. The highest BCUT2D eigenvalue weighted by Gasteiger charge is 2.22. The van der Waals surface area contributed by atoms with Gasteiger partial charge in [-0.2, -0.15) is 0 Å². The Balaban J connectivity index is 4.18. The summed E-state index contributed by atoms with van der Waals surface area (Å²) in [6.45, 7) is 4.60. The number of carboxylic acid groups (broad SMARTS) is 1. The third-order valence-electron chi connectivity index (χ3n) is 13.9. The minimum absolute atomic E-state index is 0.139. The van der Waals surface area contributed by atoms with Crippen molar-refractivity contribution in [3.05, 3.63) is 134 Å². The third kappa shape index (κ3) is 64.8. The molecule has 0 aliphatic rings. The predicted molar refractivity (Wildman–Crippen MR) is 352 cm³/mol. The summed E-state index contributed by atoms with van der Waals surface area (Å²) in [6, 6.07) is 0. The van der Waals surface area contributed by atoms with E-state index in [0.717, 1.165) is 122 Å². The van der Waals surface area contributed by atoms with Crippen molar-refractivity contribution in [2.75, 3.05) is 47.5 Å². The second-order valence-corrected chi connectivity index (χ2v) is 23.0. The Kier molecular flexibility index (Phi) is 60.0. The van der Waals surface area contributed by atoms with Crippen molar-refractivity contribution in [2.45, 2.75) is 270 Å². The third-order valence-corrected chi connectivity index (χ3v) is 13.9. The normalized spacial score (nSPS) is 13.6. The van der Waals surface area contributed by atoms with Crippen LogP contribution in [-0.2, 0) is 33.3 Å². The van der Waals surface area contributed by atoms with Crippen molar-refractivity contribution in [1.29, 1.82) is 0 Å². The van der Waals surface area contributed by atoms with Gasteiger partial charge >= 0.3 is 11.9 Å². The van der Waals surface area contributed by atoms with Gasteiger partial charge in [-0.25, -0.2) is 0 Å². The average molecular weight is 1150 g/mol.